The summed E-state index contributed by atoms with van der Waals surface area (Å²) in [7, 11) is 0.0613. The molecular weight excluding hydrogens is 493 g/mol. The van der Waals surface area contributed by atoms with Crippen LogP contribution in [0.5, 0.6) is 5.75 Å². The van der Waals surface area contributed by atoms with Crippen molar-refractivity contribution in [1.82, 2.24) is 14.1 Å². The molecule has 2 aromatic carbocycles. The maximum atomic E-state index is 13.6. The van der Waals surface area contributed by atoms with E-state index in [0.717, 1.165) is 24.3 Å². The molecule has 1 fully saturated rings. The van der Waals surface area contributed by atoms with Crippen LogP contribution in [0.3, 0.4) is 0 Å². The number of likely N-dealkylation sites (tertiary alicyclic amines) is 1. The lowest BCUT2D eigenvalue weighted by atomic mass is 10.0. The molecule has 0 aromatic heterocycles. The number of carboxylic acid groups (broad SMARTS) is 1. The zero-order chi connectivity index (χ0) is 26.6. The topological polar surface area (TPSA) is 125 Å². The second kappa shape index (κ2) is 11.0. The number of aliphatic carboxylic acids is 1. The van der Waals surface area contributed by atoms with Gasteiger partial charge in [0, 0.05) is 20.5 Å². The molecule has 0 radical (unpaired) electrons. The van der Waals surface area contributed by atoms with Gasteiger partial charge in [-0.05, 0) is 68.4 Å². The van der Waals surface area contributed by atoms with E-state index in [1.54, 1.807) is 11.9 Å². The van der Waals surface area contributed by atoms with Gasteiger partial charge >= 0.3 is 12.1 Å². The Bertz CT molecular complexity index is 1220. The summed E-state index contributed by atoms with van der Waals surface area (Å²) in [5.41, 5.74) is 0.402. The van der Waals surface area contributed by atoms with Crippen molar-refractivity contribution >= 4 is 28.0 Å². The highest BCUT2D eigenvalue weighted by atomic mass is 32.2. The molecule has 0 bridgehead atoms. The minimum atomic E-state index is -4.64. The number of likely N-dealkylation sites (N-methyl/N-ethyl adjacent to an activating group) is 1. The first-order chi connectivity index (χ1) is 16.9. The third-order valence-electron chi connectivity index (χ3n) is 5.88. The van der Waals surface area contributed by atoms with Crippen molar-refractivity contribution in [2.24, 2.45) is 0 Å². The van der Waals surface area contributed by atoms with E-state index >= 15 is 0 Å². The van der Waals surface area contributed by atoms with Crippen molar-refractivity contribution in [3.63, 3.8) is 0 Å². The largest absolute Gasteiger partial charge is 0.480 e. The van der Waals surface area contributed by atoms with Gasteiger partial charge in [0.15, 0.2) is 0 Å². The van der Waals surface area contributed by atoms with E-state index in [1.807, 2.05) is 0 Å². The Kier molecular flexibility index (Phi) is 8.31. The lowest BCUT2D eigenvalue weighted by Crippen LogP contribution is -2.54. The van der Waals surface area contributed by atoms with Gasteiger partial charge in [0.05, 0.1) is 10.9 Å². The Morgan fingerprint density at radius 3 is 2.22 bits per heavy atom. The first-order valence-corrected chi connectivity index (χ1v) is 12.6. The van der Waals surface area contributed by atoms with Crippen LogP contribution in [-0.4, -0.2) is 85.4 Å². The summed E-state index contributed by atoms with van der Waals surface area (Å²) in [5.74, 6) is -2.84. The second-order valence-corrected chi connectivity index (χ2v) is 10.5. The Labute approximate surface area is 208 Å². The quantitative estimate of drug-likeness (QED) is 0.561. The summed E-state index contributed by atoms with van der Waals surface area (Å²) in [6.07, 6.45) is 0.0967. The lowest BCUT2D eigenvalue weighted by Gasteiger charge is -2.32. The number of sulfonamides is 1. The van der Waals surface area contributed by atoms with Gasteiger partial charge in [0.2, 0.25) is 0 Å². The number of hydrogen-bond acceptors (Lipinski definition) is 7. The summed E-state index contributed by atoms with van der Waals surface area (Å²) in [6.45, 7) is 0.561. The molecule has 0 saturated carbocycles. The minimum absolute atomic E-state index is 0.212. The summed E-state index contributed by atoms with van der Waals surface area (Å²) in [5, 5.41) is 10.0. The van der Waals surface area contributed by atoms with Crippen LogP contribution in [0, 0.1) is 5.82 Å². The van der Waals surface area contributed by atoms with Crippen molar-refractivity contribution in [3.8, 4) is 5.75 Å². The van der Waals surface area contributed by atoms with Gasteiger partial charge in [-0.2, -0.15) is 0 Å². The number of carbonyl (C=O) groups is 3. The molecule has 1 aliphatic heterocycles. The van der Waals surface area contributed by atoms with Crippen LogP contribution in [0.4, 0.5) is 9.18 Å². The predicted octanol–water partition coefficient (Wildman–Crippen LogP) is 2.19. The van der Waals surface area contributed by atoms with Crippen molar-refractivity contribution < 1.29 is 37.0 Å². The third-order valence-corrected chi connectivity index (χ3v) is 7.70. The number of rotatable bonds is 8. The lowest BCUT2D eigenvalue weighted by molar-refractivity contribution is -0.147. The number of benzene rings is 2. The Morgan fingerprint density at radius 2 is 1.72 bits per heavy atom. The molecule has 0 unspecified atom stereocenters. The van der Waals surface area contributed by atoms with Crippen LogP contribution in [0.25, 0.3) is 0 Å². The predicted molar refractivity (Wildman–Crippen MR) is 127 cm³/mol. The second-order valence-electron chi connectivity index (χ2n) is 8.70. The molecule has 1 saturated heterocycles. The standard InChI is InChI=1S/C24H28FN3O7S/c1-26(2)24(32)35-18-10-6-16(7-11-18)15-21(23(30)31)28(22(29)20-5-4-14-27(20)3)36(33,34)19-12-8-17(25)9-13-19/h6-13,20-21H,4-5,14-15H2,1-3H3,(H,30,31)/t20-,21+/m0/s1. The van der Waals surface area contributed by atoms with Gasteiger partial charge < -0.3 is 14.7 Å². The number of carboxylic acids is 1. The Balaban J connectivity index is 1.98. The van der Waals surface area contributed by atoms with Gasteiger partial charge in [-0.3, -0.25) is 9.69 Å². The highest BCUT2D eigenvalue weighted by Crippen LogP contribution is 2.27. The van der Waals surface area contributed by atoms with E-state index in [4.69, 9.17) is 4.74 Å². The SMILES string of the molecule is CN(C)C(=O)Oc1ccc(C[C@H](C(=O)O)N(C(=O)[C@@H]2CCCN2C)S(=O)(=O)c2ccc(F)cc2)cc1. The van der Waals surface area contributed by atoms with Crippen LogP contribution < -0.4 is 4.74 Å². The van der Waals surface area contributed by atoms with E-state index in [-0.39, 0.29) is 12.2 Å². The normalized spacial score (nSPS) is 16.8. The van der Waals surface area contributed by atoms with Gasteiger partial charge in [0.1, 0.15) is 17.6 Å². The molecule has 1 aliphatic rings. The molecule has 0 spiro atoms. The smallest absolute Gasteiger partial charge is 0.414 e. The zero-order valence-electron chi connectivity index (χ0n) is 20.1. The molecule has 3 rings (SSSR count). The maximum Gasteiger partial charge on any atom is 0.414 e. The van der Waals surface area contributed by atoms with E-state index in [0.29, 0.717) is 29.3 Å². The first-order valence-electron chi connectivity index (χ1n) is 11.2. The molecule has 12 heteroatoms. The van der Waals surface area contributed by atoms with Gasteiger partial charge in [-0.25, -0.2) is 26.7 Å². The average molecular weight is 522 g/mol. The first kappa shape index (κ1) is 27.1. The fourth-order valence-corrected chi connectivity index (χ4v) is 5.47. The van der Waals surface area contributed by atoms with Gasteiger partial charge in [-0.1, -0.05) is 12.1 Å². The summed E-state index contributed by atoms with van der Waals surface area (Å²) >= 11 is 0. The molecule has 2 amide bonds. The molecule has 10 nitrogen and oxygen atoms in total. The fraction of sp³-hybridized carbons (Fsp3) is 0.375. The zero-order valence-corrected chi connectivity index (χ0v) is 20.9. The van der Waals surface area contributed by atoms with Crippen LogP contribution in [0.15, 0.2) is 53.4 Å². The Hall–Kier alpha value is -3.51. The molecule has 194 valence electrons. The summed E-state index contributed by atoms with van der Waals surface area (Å²) < 4.78 is 46.1. The van der Waals surface area contributed by atoms with E-state index in [9.17, 15) is 32.3 Å². The van der Waals surface area contributed by atoms with Gasteiger partial charge in [0.25, 0.3) is 15.9 Å². The number of ether oxygens (including phenoxy) is 1. The highest BCUT2D eigenvalue weighted by Gasteiger charge is 2.44. The van der Waals surface area contributed by atoms with Crippen molar-refractivity contribution in [2.45, 2.75) is 36.2 Å². The monoisotopic (exact) mass is 521 g/mol. The molecule has 0 aliphatic carbocycles. The molecule has 36 heavy (non-hydrogen) atoms. The molecule has 2 atom stereocenters. The van der Waals surface area contributed by atoms with Crippen LogP contribution in [0.2, 0.25) is 0 Å². The number of amides is 2. The van der Waals surface area contributed by atoms with Crippen molar-refractivity contribution in [3.05, 3.63) is 59.9 Å². The Morgan fingerprint density at radius 1 is 1.11 bits per heavy atom. The number of hydrogen-bond donors (Lipinski definition) is 1. The van der Waals surface area contributed by atoms with Crippen molar-refractivity contribution in [1.29, 1.82) is 0 Å². The van der Waals surface area contributed by atoms with Crippen LogP contribution in [-0.2, 0) is 26.0 Å². The minimum Gasteiger partial charge on any atom is -0.480 e. The van der Waals surface area contributed by atoms with E-state index in [2.05, 4.69) is 0 Å². The maximum absolute atomic E-state index is 13.6. The highest BCUT2D eigenvalue weighted by molar-refractivity contribution is 7.89. The number of nitrogens with zero attached hydrogens (tertiary/aromatic N) is 3. The van der Waals surface area contributed by atoms with Crippen LogP contribution in [0.1, 0.15) is 18.4 Å². The number of halogens is 1. The fourth-order valence-electron chi connectivity index (χ4n) is 3.91. The molecule has 2 aromatic rings. The summed E-state index contributed by atoms with van der Waals surface area (Å²) in [4.78, 5) is 40.1. The van der Waals surface area contributed by atoms with E-state index < -0.39 is 50.8 Å². The van der Waals surface area contributed by atoms with E-state index in [1.165, 1.54) is 43.3 Å². The number of carbonyl (C=O) groups excluding carboxylic acids is 2. The van der Waals surface area contributed by atoms with Gasteiger partial charge in [-0.15, -0.1) is 0 Å². The van der Waals surface area contributed by atoms with Crippen LogP contribution >= 0.6 is 0 Å². The molecular formula is C24H28FN3O7S. The molecule has 1 heterocycles. The molecule has 1 N–H and O–H groups in total. The van der Waals surface area contributed by atoms with Crippen molar-refractivity contribution in [2.75, 3.05) is 27.7 Å². The average Bonchev–Trinajstić information content (AvgIpc) is 3.25. The third kappa shape index (κ3) is 6.00. The summed E-state index contributed by atoms with van der Waals surface area (Å²) in [6, 6.07) is 7.15.